The number of para-hydroxylation sites is 1. The molecule has 1 aromatic carbocycles. The molecule has 2 nitrogen and oxygen atoms in total. The number of likely N-dealkylation sites (N-methyl/N-ethyl adjacent to an activating group) is 1. The van der Waals surface area contributed by atoms with Crippen molar-refractivity contribution in [1.82, 2.24) is 0 Å². The lowest BCUT2D eigenvalue weighted by atomic mass is 10.2. The highest BCUT2D eigenvalue weighted by atomic mass is 16.3. The topological polar surface area (TPSA) is 23.5 Å². The Hall–Kier alpha value is -1.02. The molecule has 0 aliphatic heterocycles. The van der Waals surface area contributed by atoms with E-state index in [1.807, 2.05) is 19.2 Å². The fourth-order valence-electron chi connectivity index (χ4n) is 1.49. The first-order chi connectivity index (χ1) is 6.11. The van der Waals surface area contributed by atoms with Crippen molar-refractivity contribution in [2.45, 2.75) is 20.0 Å². The summed E-state index contributed by atoms with van der Waals surface area (Å²) in [6, 6.07) is 8.18. The summed E-state index contributed by atoms with van der Waals surface area (Å²) < 4.78 is 0. The van der Waals surface area contributed by atoms with Gasteiger partial charge in [-0.1, -0.05) is 18.2 Å². The van der Waals surface area contributed by atoms with Gasteiger partial charge >= 0.3 is 0 Å². The van der Waals surface area contributed by atoms with Crippen molar-refractivity contribution in [2.75, 3.05) is 18.5 Å². The summed E-state index contributed by atoms with van der Waals surface area (Å²) in [5, 5.41) is 9.23. The van der Waals surface area contributed by atoms with Crippen LogP contribution < -0.4 is 4.90 Å². The molecule has 0 heterocycles. The van der Waals surface area contributed by atoms with Crippen LogP contribution in [0.25, 0.3) is 0 Å². The van der Waals surface area contributed by atoms with Gasteiger partial charge in [0, 0.05) is 19.3 Å². The largest absolute Gasteiger partial charge is 0.392 e. The first kappa shape index (κ1) is 10.1. The molecular formula is C11H17NO. The Morgan fingerprint density at radius 2 is 2.00 bits per heavy atom. The standard InChI is InChI=1S/C11H17NO/c1-9-6-4-5-7-11(9)12(3)8-10(2)13/h4-7,10,13H,8H2,1-3H3/t10-/m0/s1. The maximum Gasteiger partial charge on any atom is 0.0686 e. The van der Waals surface area contributed by atoms with Crippen LogP contribution in [0, 0.1) is 6.92 Å². The number of hydrogen-bond donors (Lipinski definition) is 1. The maximum atomic E-state index is 9.23. The molecule has 0 radical (unpaired) electrons. The van der Waals surface area contributed by atoms with Crippen molar-refractivity contribution < 1.29 is 5.11 Å². The molecule has 72 valence electrons. The first-order valence-electron chi connectivity index (χ1n) is 4.56. The fourth-order valence-corrected chi connectivity index (χ4v) is 1.49. The lowest BCUT2D eigenvalue weighted by molar-refractivity contribution is 0.201. The molecule has 0 aliphatic carbocycles. The molecule has 2 heteroatoms. The molecule has 13 heavy (non-hydrogen) atoms. The van der Waals surface area contributed by atoms with Gasteiger partial charge in [-0.15, -0.1) is 0 Å². The quantitative estimate of drug-likeness (QED) is 0.765. The van der Waals surface area contributed by atoms with Crippen LogP contribution >= 0.6 is 0 Å². The zero-order valence-electron chi connectivity index (χ0n) is 8.49. The van der Waals surface area contributed by atoms with Gasteiger partial charge in [-0.05, 0) is 25.5 Å². The molecule has 0 fully saturated rings. The summed E-state index contributed by atoms with van der Waals surface area (Å²) >= 11 is 0. The van der Waals surface area contributed by atoms with Crippen molar-refractivity contribution in [1.29, 1.82) is 0 Å². The summed E-state index contributed by atoms with van der Waals surface area (Å²) in [7, 11) is 2.00. The van der Waals surface area contributed by atoms with Crippen LogP contribution in [0.2, 0.25) is 0 Å². The zero-order valence-corrected chi connectivity index (χ0v) is 8.49. The van der Waals surface area contributed by atoms with Gasteiger partial charge in [-0.3, -0.25) is 0 Å². The molecule has 0 unspecified atom stereocenters. The average molecular weight is 179 g/mol. The Morgan fingerprint density at radius 3 is 2.54 bits per heavy atom. The molecule has 0 bridgehead atoms. The predicted octanol–water partition coefficient (Wildman–Crippen LogP) is 1.81. The molecule has 0 aromatic heterocycles. The van der Waals surface area contributed by atoms with E-state index in [-0.39, 0.29) is 6.10 Å². The van der Waals surface area contributed by atoms with E-state index < -0.39 is 0 Å². The third kappa shape index (κ3) is 2.74. The van der Waals surface area contributed by atoms with E-state index in [0.717, 1.165) is 0 Å². The number of aryl methyl sites for hydroxylation is 1. The highest BCUT2D eigenvalue weighted by molar-refractivity contribution is 5.52. The van der Waals surface area contributed by atoms with Crippen LogP contribution in [0.3, 0.4) is 0 Å². The molecule has 1 atom stereocenters. The van der Waals surface area contributed by atoms with Gasteiger partial charge in [0.15, 0.2) is 0 Å². The van der Waals surface area contributed by atoms with Crippen LogP contribution in [0.4, 0.5) is 5.69 Å². The van der Waals surface area contributed by atoms with Crippen molar-refractivity contribution in [2.24, 2.45) is 0 Å². The summed E-state index contributed by atoms with van der Waals surface area (Å²) in [6.07, 6.45) is -0.287. The van der Waals surface area contributed by atoms with Crippen molar-refractivity contribution >= 4 is 5.69 Å². The summed E-state index contributed by atoms with van der Waals surface area (Å²) in [5.41, 5.74) is 2.43. The van der Waals surface area contributed by atoms with Gasteiger partial charge in [-0.25, -0.2) is 0 Å². The lowest BCUT2D eigenvalue weighted by Gasteiger charge is -2.22. The first-order valence-corrected chi connectivity index (χ1v) is 4.56. The number of aliphatic hydroxyl groups is 1. The van der Waals surface area contributed by atoms with E-state index in [1.165, 1.54) is 11.3 Å². The second kappa shape index (κ2) is 4.28. The van der Waals surface area contributed by atoms with Crippen molar-refractivity contribution in [3.8, 4) is 0 Å². The number of anilines is 1. The van der Waals surface area contributed by atoms with Crippen LogP contribution in [0.15, 0.2) is 24.3 Å². The van der Waals surface area contributed by atoms with Crippen LogP contribution in [0.1, 0.15) is 12.5 Å². The highest BCUT2D eigenvalue weighted by Crippen LogP contribution is 2.17. The number of rotatable bonds is 3. The normalized spacial score (nSPS) is 12.6. The lowest BCUT2D eigenvalue weighted by Crippen LogP contribution is -2.27. The van der Waals surface area contributed by atoms with E-state index >= 15 is 0 Å². The highest BCUT2D eigenvalue weighted by Gasteiger charge is 2.05. The van der Waals surface area contributed by atoms with Crippen LogP contribution in [0.5, 0.6) is 0 Å². The Balaban J connectivity index is 2.76. The minimum absolute atomic E-state index is 0.287. The minimum Gasteiger partial charge on any atom is -0.392 e. The monoisotopic (exact) mass is 179 g/mol. The van der Waals surface area contributed by atoms with Gasteiger partial charge in [0.05, 0.1) is 6.10 Å². The Kier molecular flexibility index (Phi) is 3.32. The Labute approximate surface area is 79.8 Å². The third-order valence-corrected chi connectivity index (χ3v) is 2.06. The second-order valence-electron chi connectivity index (χ2n) is 3.52. The van der Waals surface area contributed by atoms with Gasteiger partial charge in [0.1, 0.15) is 0 Å². The number of hydrogen-bond acceptors (Lipinski definition) is 2. The SMILES string of the molecule is Cc1ccccc1N(C)C[C@H](C)O. The van der Waals surface area contributed by atoms with E-state index in [4.69, 9.17) is 0 Å². The summed E-state index contributed by atoms with van der Waals surface area (Å²) in [6.45, 7) is 4.55. The van der Waals surface area contributed by atoms with Gasteiger partial charge < -0.3 is 10.0 Å². The summed E-state index contributed by atoms with van der Waals surface area (Å²) in [4.78, 5) is 2.07. The number of nitrogens with zero attached hydrogens (tertiary/aromatic N) is 1. The molecule has 0 spiro atoms. The van der Waals surface area contributed by atoms with E-state index in [0.29, 0.717) is 6.54 Å². The van der Waals surface area contributed by atoms with Gasteiger partial charge in [-0.2, -0.15) is 0 Å². The molecule has 0 amide bonds. The zero-order chi connectivity index (χ0) is 9.84. The van der Waals surface area contributed by atoms with Crippen LogP contribution in [-0.2, 0) is 0 Å². The molecule has 0 saturated heterocycles. The van der Waals surface area contributed by atoms with Crippen molar-refractivity contribution in [3.05, 3.63) is 29.8 Å². The van der Waals surface area contributed by atoms with Gasteiger partial charge in [0.25, 0.3) is 0 Å². The van der Waals surface area contributed by atoms with E-state index in [2.05, 4.69) is 24.0 Å². The fraction of sp³-hybridized carbons (Fsp3) is 0.455. The minimum atomic E-state index is -0.287. The number of aliphatic hydroxyl groups excluding tert-OH is 1. The van der Waals surface area contributed by atoms with Gasteiger partial charge in [0.2, 0.25) is 0 Å². The average Bonchev–Trinajstić information content (AvgIpc) is 2.03. The molecule has 1 N–H and O–H groups in total. The molecule has 1 aromatic rings. The Morgan fingerprint density at radius 1 is 1.38 bits per heavy atom. The van der Waals surface area contributed by atoms with E-state index in [1.54, 1.807) is 6.92 Å². The second-order valence-corrected chi connectivity index (χ2v) is 3.52. The molecule has 1 rings (SSSR count). The summed E-state index contributed by atoms with van der Waals surface area (Å²) in [5.74, 6) is 0. The van der Waals surface area contributed by atoms with Crippen LogP contribution in [-0.4, -0.2) is 24.8 Å². The Bertz CT molecular complexity index is 271. The molecule has 0 saturated carbocycles. The maximum absolute atomic E-state index is 9.23. The number of benzene rings is 1. The van der Waals surface area contributed by atoms with Crippen molar-refractivity contribution in [3.63, 3.8) is 0 Å². The predicted molar refractivity (Wildman–Crippen MR) is 56.1 cm³/mol. The molecular weight excluding hydrogens is 162 g/mol. The smallest absolute Gasteiger partial charge is 0.0686 e. The third-order valence-electron chi connectivity index (χ3n) is 2.06. The molecule has 0 aliphatic rings. The van der Waals surface area contributed by atoms with E-state index in [9.17, 15) is 5.11 Å².